The van der Waals surface area contributed by atoms with Gasteiger partial charge in [0, 0.05) is 18.2 Å². The Morgan fingerprint density at radius 2 is 1.90 bits per heavy atom. The van der Waals surface area contributed by atoms with Crippen molar-refractivity contribution in [3.8, 4) is 5.75 Å². The van der Waals surface area contributed by atoms with Crippen molar-refractivity contribution in [2.75, 3.05) is 6.61 Å². The topological polar surface area (TPSA) is 38.3 Å². The Kier molecular flexibility index (Phi) is 4.65. The number of nitrogens with one attached hydrogen (secondary N) is 1. The molecule has 0 heterocycles. The molecule has 1 amide bonds. The van der Waals surface area contributed by atoms with Gasteiger partial charge in [-0.15, -0.1) is 0 Å². The summed E-state index contributed by atoms with van der Waals surface area (Å²) in [5.74, 6) is -0.948. The molecular formula is C15H13F2NO2. The van der Waals surface area contributed by atoms with Crippen LogP contribution in [0.2, 0.25) is 0 Å². The second kappa shape index (κ2) is 6.65. The first kappa shape index (κ1) is 14.0. The Hall–Kier alpha value is -2.43. The second-order valence-corrected chi connectivity index (χ2v) is 4.11. The minimum absolute atomic E-state index is 0.0814. The molecule has 2 rings (SSSR count). The van der Waals surface area contributed by atoms with E-state index in [4.69, 9.17) is 4.74 Å². The molecular weight excluding hydrogens is 264 g/mol. The van der Waals surface area contributed by atoms with Crippen LogP contribution >= 0.6 is 0 Å². The quantitative estimate of drug-likeness (QED) is 0.912. The summed E-state index contributed by atoms with van der Waals surface area (Å²) >= 11 is 0. The lowest BCUT2D eigenvalue weighted by Gasteiger charge is -2.08. The molecule has 2 aromatic rings. The van der Waals surface area contributed by atoms with Crippen molar-refractivity contribution in [1.82, 2.24) is 5.32 Å². The van der Waals surface area contributed by atoms with Crippen molar-refractivity contribution in [2.24, 2.45) is 0 Å². The van der Waals surface area contributed by atoms with Crippen LogP contribution in [0, 0.1) is 11.6 Å². The summed E-state index contributed by atoms with van der Waals surface area (Å²) in [5, 5.41) is 2.53. The van der Waals surface area contributed by atoms with Crippen LogP contribution < -0.4 is 10.1 Å². The maximum Gasteiger partial charge on any atom is 0.258 e. The molecule has 0 fully saturated rings. The zero-order valence-electron chi connectivity index (χ0n) is 10.6. The average Bonchev–Trinajstić information content (AvgIpc) is 2.44. The summed E-state index contributed by atoms with van der Waals surface area (Å²) in [5.41, 5.74) is 0.395. The Labute approximate surface area is 115 Å². The van der Waals surface area contributed by atoms with Crippen molar-refractivity contribution >= 4 is 5.91 Å². The maximum absolute atomic E-state index is 13.3. The van der Waals surface area contributed by atoms with E-state index in [0.717, 1.165) is 0 Å². The number of ether oxygens (including phenoxy) is 1. The zero-order chi connectivity index (χ0) is 14.4. The minimum Gasteiger partial charge on any atom is -0.484 e. The van der Waals surface area contributed by atoms with Gasteiger partial charge in [0.15, 0.2) is 6.61 Å². The predicted octanol–water partition coefficient (Wildman–Crippen LogP) is 2.66. The van der Waals surface area contributed by atoms with E-state index in [1.807, 2.05) is 0 Å². The monoisotopic (exact) mass is 277 g/mol. The van der Waals surface area contributed by atoms with Crippen LogP contribution in [0.3, 0.4) is 0 Å². The summed E-state index contributed by atoms with van der Waals surface area (Å²) in [7, 11) is 0. The van der Waals surface area contributed by atoms with Crippen molar-refractivity contribution < 1.29 is 18.3 Å². The fourth-order valence-electron chi connectivity index (χ4n) is 1.59. The summed E-state index contributed by atoms with van der Waals surface area (Å²) in [6.07, 6.45) is 0. The van der Waals surface area contributed by atoms with E-state index in [1.165, 1.54) is 24.3 Å². The first-order valence-electron chi connectivity index (χ1n) is 6.03. The maximum atomic E-state index is 13.3. The lowest BCUT2D eigenvalue weighted by molar-refractivity contribution is -0.123. The van der Waals surface area contributed by atoms with E-state index in [2.05, 4.69) is 5.32 Å². The van der Waals surface area contributed by atoms with Crippen LogP contribution in [0.25, 0.3) is 0 Å². The Bertz CT molecular complexity index is 602. The van der Waals surface area contributed by atoms with Gasteiger partial charge < -0.3 is 10.1 Å². The van der Waals surface area contributed by atoms with Gasteiger partial charge >= 0.3 is 0 Å². The highest BCUT2D eigenvalue weighted by atomic mass is 19.1. The van der Waals surface area contributed by atoms with E-state index in [-0.39, 0.29) is 24.7 Å². The van der Waals surface area contributed by atoms with Crippen molar-refractivity contribution in [3.63, 3.8) is 0 Å². The molecule has 104 valence electrons. The molecule has 20 heavy (non-hydrogen) atoms. The third-order valence-corrected chi connectivity index (χ3v) is 2.60. The molecule has 0 aliphatic heterocycles. The molecule has 5 heteroatoms. The van der Waals surface area contributed by atoms with Gasteiger partial charge in [0.05, 0.1) is 0 Å². The average molecular weight is 277 g/mol. The van der Waals surface area contributed by atoms with Crippen molar-refractivity contribution in [2.45, 2.75) is 6.54 Å². The predicted molar refractivity (Wildman–Crippen MR) is 70.1 cm³/mol. The van der Waals surface area contributed by atoms with E-state index in [1.54, 1.807) is 24.3 Å². The molecule has 0 saturated carbocycles. The summed E-state index contributed by atoms with van der Waals surface area (Å²) < 4.78 is 31.3. The fourth-order valence-corrected chi connectivity index (χ4v) is 1.59. The van der Waals surface area contributed by atoms with Crippen LogP contribution in [0.15, 0.2) is 48.5 Å². The van der Waals surface area contributed by atoms with Gasteiger partial charge in [-0.25, -0.2) is 8.78 Å². The van der Waals surface area contributed by atoms with Gasteiger partial charge in [-0.3, -0.25) is 4.79 Å². The van der Waals surface area contributed by atoms with Crippen LogP contribution in [0.1, 0.15) is 5.56 Å². The van der Waals surface area contributed by atoms with E-state index in [9.17, 15) is 13.6 Å². The first-order valence-corrected chi connectivity index (χ1v) is 6.03. The largest absolute Gasteiger partial charge is 0.484 e. The molecule has 0 unspecified atom stereocenters. The minimum atomic E-state index is -0.436. The van der Waals surface area contributed by atoms with Crippen LogP contribution in [0.4, 0.5) is 8.78 Å². The molecule has 0 aromatic heterocycles. The Morgan fingerprint density at radius 3 is 2.65 bits per heavy atom. The number of carbonyl (C=O) groups is 1. The third-order valence-electron chi connectivity index (χ3n) is 2.60. The van der Waals surface area contributed by atoms with Gasteiger partial charge in [0.25, 0.3) is 5.91 Å². The molecule has 0 aliphatic carbocycles. The molecule has 0 saturated heterocycles. The second-order valence-electron chi connectivity index (χ2n) is 4.11. The van der Waals surface area contributed by atoms with E-state index < -0.39 is 11.7 Å². The summed E-state index contributed by atoms with van der Waals surface area (Å²) in [4.78, 5) is 11.5. The number of halogens is 2. The van der Waals surface area contributed by atoms with Crippen LogP contribution in [-0.4, -0.2) is 12.5 Å². The number of hydrogen-bond donors (Lipinski definition) is 1. The first-order chi connectivity index (χ1) is 9.65. The normalized spacial score (nSPS) is 10.1. The Morgan fingerprint density at radius 1 is 1.10 bits per heavy atom. The number of carbonyl (C=O) groups excluding carboxylic acids is 1. The molecule has 0 spiro atoms. The SMILES string of the molecule is O=C(COc1cccc(F)c1)NCc1ccccc1F. The highest BCUT2D eigenvalue weighted by molar-refractivity contribution is 5.77. The molecule has 2 aromatic carbocycles. The van der Waals surface area contributed by atoms with Crippen molar-refractivity contribution in [1.29, 1.82) is 0 Å². The van der Waals surface area contributed by atoms with Gasteiger partial charge in [-0.2, -0.15) is 0 Å². The molecule has 1 N–H and O–H groups in total. The third kappa shape index (κ3) is 4.05. The number of hydrogen-bond acceptors (Lipinski definition) is 2. The highest BCUT2D eigenvalue weighted by Gasteiger charge is 2.05. The van der Waals surface area contributed by atoms with Crippen LogP contribution in [0.5, 0.6) is 5.75 Å². The van der Waals surface area contributed by atoms with E-state index >= 15 is 0 Å². The summed E-state index contributed by atoms with van der Waals surface area (Å²) in [6, 6.07) is 11.7. The van der Waals surface area contributed by atoms with Gasteiger partial charge in [-0.1, -0.05) is 24.3 Å². The number of rotatable bonds is 5. The number of amides is 1. The fraction of sp³-hybridized carbons (Fsp3) is 0.133. The summed E-state index contributed by atoms with van der Waals surface area (Å²) in [6.45, 7) is -0.171. The molecule has 0 radical (unpaired) electrons. The van der Waals surface area contributed by atoms with Crippen LogP contribution in [-0.2, 0) is 11.3 Å². The van der Waals surface area contributed by atoms with Gasteiger partial charge in [0.2, 0.25) is 0 Å². The molecule has 0 aliphatic rings. The number of benzene rings is 2. The molecule has 0 bridgehead atoms. The standard InChI is InChI=1S/C15H13F2NO2/c16-12-5-3-6-13(8-12)20-10-15(19)18-9-11-4-1-2-7-14(11)17/h1-8H,9-10H2,(H,18,19). The van der Waals surface area contributed by atoms with Gasteiger partial charge in [0.1, 0.15) is 17.4 Å². The zero-order valence-corrected chi connectivity index (χ0v) is 10.6. The highest BCUT2D eigenvalue weighted by Crippen LogP contribution is 2.11. The molecule has 3 nitrogen and oxygen atoms in total. The Balaban J connectivity index is 1.80. The van der Waals surface area contributed by atoms with Gasteiger partial charge in [-0.05, 0) is 18.2 Å². The lowest BCUT2D eigenvalue weighted by Crippen LogP contribution is -2.28. The smallest absolute Gasteiger partial charge is 0.258 e. The lowest BCUT2D eigenvalue weighted by atomic mass is 10.2. The van der Waals surface area contributed by atoms with E-state index in [0.29, 0.717) is 5.56 Å². The molecule has 0 atom stereocenters. The van der Waals surface area contributed by atoms with Crippen molar-refractivity contribution in [3.05, 3.63) is 65.7 Å².